The fourth-order valence-electron chi connectivity index (χ4n) is 3.15. The molecule has 1 saturated heterocycles. The van der Waals surface area contributed by atoms with Crippen molar-refractivity contribution in [1.29, 1.82) is 0 Å². The topological polar surface area (TPSA) is 59.4 Å². The molecule has 0 spiro atoms. The Kier molecular flexibility index (Phi) is 6.57. The maximum Gasteiger partial charge on any atom is 0.244 e. The second-order valence-electron chi connectivity index (χ2n) is 6.75. The summed E-state index contributed by atoms with van der Waals surface area (Å²) in [6.45, 7) is 12.4. The molecule has 1 aliphatic rings. The smallest absolute Gasteiger partial charge is 0.244 e. The van der Waals surface area contributed by atoms with Gasteiger partial charge < -0.3 is 10.1 Å². The normalized spacial score (nSPS) is 17.6. The zero-order valence-electron chi connectivity index (χ0n) is 15.5. The Balaban J connectivity index is 1.92. The number of hydrogen-bond acceptors (Lipinski definition) is 4. The third-order valence-corrected chi connectivity index (χ3v) is 4.74. The van der Waals surface area contributed by atoms with Crippen molar-refractivity contribution in [2.24, 2.45) is 13.0 Å². The predicted octanol–water partition coefficient (Wildman–Crippen LogP) is 1.52. The van der Waals surface area contributed by atoms with E-state index in [1.165, 1.54) is 0 Å². The van der Waals surface area contributed by atoms with Gasteiger partial charge in [-0.2, -0.15) is 5.10 Å². The zero-order chi connectivity index (χ0) is 17.7. The molecule has 6 heteroatoms. The van der Waals surface area contributed by atoms with Crippen LogP contribution in [0.2, 0.25) is 0 Å². The van der Waals surface area contributed by atoms with Crippen LogP contribution in [0.3, 0.4) is 0 Å². The van der Waals surface area contributed by atoms with Crippen molar-refractivity contribution >= 4 is 12.0 Å². The Morgan fingerprint density at radius 3 is 2.54 bits per heavy atom. The van der Waals surface area contributed by atoms with Gasteiger partial charge in [0.15, 0.2) is 0 Å². The number of morpholine rings is 1. The lowest BCUT2D eigenvalue weighted by Crippen LogP contribution is -2.51. The van der Waals surface area contributed by atoms with E-state index in [-0.39, 0.29) is 5.91 Å². The highest BCUT2D eigenvalue weighted by Gasteiger charge is 2.23. The molecule has 0 aromatic carbocycles. The molecule has 2 heterocycles. The molecular formula is C18H30N4O2. The minimum absolute atomic E-state index is 0.0587. The molecule has 134 valence electrons. The van der Waals surface area contributed by atoms with Crippen LogP contribution in [0.25, 0.3) is 6.08 Å². The van der Waals surface area contributed by atoms with Crippen LogP contribution in [0.15, 0.2) is 6.08 Å². The van der Waals surface area contributed by atoms with Gasteiger partial charge in [-0.25, -0.2) is 0 Å². The van der Waals surface area contributed by atoms with Crippen LogP contribution in [-0.2, 0) is 16.6 Å². The zero-order valence-corrected chi connectivity index (χ0v) is 15.5. The van der Waals surface area contributed by atoms with Crippen molar-refractivity contribution in [2.75, 3.05) is 32.8 Å². The second-order valence-corrected chi connectivity index (χ2v) is 6.75. The van der Waals surface area contributed by atoms with Crippen molar-refractivity contribution in [1.82, 2.24) is 20.0 Å². The van der Waals surface area contributed by atoms with Crippen LogP contribution >= 0.6 is 0 Å². The first-order valence-electron chi connectivity index (χ1n) is 8.68. The Hall–Kier alpha value is -1.66. The molecule has 1 fully saturated rings. The maximum atomic E-state index is 12.2. The third-order valence-electron chi connectivity index (χ3n) is 4.74. The maximum absolute atomic E-state index is 12.2. The molecule has 1 aromatic rings. The number of carbonyl (C=O) groups is 1. The molecule has 1 aromatic heterocycles. The number of aryl methyl sites for hydroxylation is 2. The average molecular weight is 334 g/mol. The molecular weight excluding hydrogens is 304 g/mol. The first-order chi connectivity index (χ1) is 11.4. The number of amides is 1. The summed E-state index contributed by atoms with van der Waals surface area (Å²) in [5.41, 5.74) is 3.01. The van der Waals surface area contributed by atoms with Gasteiger partial charge in [-0.15, -0.1) is 0 Å². The molecule has 1 aliphatic heterocycles. The summed E-state index contributed by atoms with van der Waals surface area (Å²) in [4.78, 5) is 14.6. The second kappa shape index (κ2) is 8.44. The number of nitrogens with zero attached hydrogens (tertiary/aromatic N) is 3. The van der Waals surface area contributed by atoms with E-state index in [0.29, 0.717) is 18.5 Å². The summed E-state index contributed by atoms with van der Waals surface area (Å²) in [5, 5.41) is 7.40. The highest BCUT2D eigenvalue weighted by molar-refractivity contribution is 5.92. The summed E-state index contributed by atoms with van der Waals surface area (Å²) < 4.78 is 7.25. The molecule has 0 saturated carbocycles. The van der Waals surface area contributed by atoms with Gasteiger partial charge in [-0.05, 0) is 25.8 Å². The van der Waals surface area contributed by atoms with Crippen molar-refractivity contribution in [3.8, 4) is 0 Å². The van der Waals surface area contributed by atoms with E-state index in [2.05, 4.69) is 29.2 Å². The number of aromatic nitrogens is 2. The van der Waals surface area contributed by atoms with Crippen LogP contribution in [0, 0.1) is 19.8 Å². The molecule has 2 rings (SSSR count). The van der Waals surface area contributed by atoms with E-state index in [1.807, 2.05) is 31.7 Å². The van der Waals surface area contributed by atoms with Gasteiger partial charge in [0, 0.05) is 50.1 Å². The van der Waals surface area contributed by atoms with Crippen molar-refractivity contribution < 1.29 is 9.53 Å². The Bertz CT molecular complexity index is 586. The fourth-order valence-corrected chi connectivity index (χ4v) is 3.15. The van der Waals surface area contributed by atoms with Gasteiger partial charge in [0.2, 0.25) is 5.91 Å². The minimum Gasteiger partial charge on any atom is -0.379 e. The predicted molar refractivity (Wildman–Crippen MR) is 95.7 cm³/mol. The van der Waals surface area contributed by atoms with E-state index < -0.39 is 0 Å². The van der Waals surface area contributed by atoms with Crippen molar-refractivity contribution in [3.63, 3.8) is 0 Å². The number of carbonyl (C=O) groups excluding carboxylic acids is 1. The molecule has 1 unspecified atom stereocenters. The number of hydrogen-bond donors (Lipinski definition) is 1. The van der Waals surface area contributed by atoms with Crippen LogP contribution in [0.5, 0.6) is 0 Å². The quantitative estimate of drug-likeness (QED) is 0.802. The van der Waals surface area contributed by atoms with E-state index in [0.717, 1.165) is 43.3 Å². The van der Waals surface area contributed by atoms with Crippen molar-refractivity contribution in [2.45, 2.75) is 33.7 Å². The average Bonchev–Trinajstić information content (AvgIpc) is 2.79. The lowest BCUT2D eigenvalue weighted by molar-refractivity contribution is -0.116. The Morgan fingerprint density at radius 1 is 1.33 bits per heavy atom. The standard InChI is InChI=1S/C18H30N4O2/c1-13(2)17(22-8-10-24-11-9-22)12-19-18(23)7-6-16-14(3)20-21(5)15(16)4/h6-7,13,17H,8-12H2,1-5H3,(H,19,23)/b7-6+. The number of ether oxygens (including phenoxy) is 1. The van der Waals surface area contributed by atoms with Gasteiger partial charge in [-0.1, -0.05) is 13.8 Å². The van der Waals surface area contributed by atoms with Gasteiger partial charge in [-0.3, -0.25) is 14.4 Å². The minimum atomic E-state index is -0.0587. The molecule has 0 radical (unpaired) electrons. The summed E-state index contributed by atoms with van der Waals surface area (Å²) >= 11 is 0. The summed E-state index contributed by atoms with van der Waals surface area (Å²) in [6, 6.07) is 0.341. The lowest BCUT2D eigenvalue weighted by atomic mass is 10.0. The van der Waals surface area contributed by atoms with Gasteiger partial charge in [0.1, 0.15) is 0 Å². The summed E-state index contributed by atoms with van der Waals surface area (Å²) in [6.07, 6.45) is 3.46. The third kappa shape index (κ3) is 4.68. The van der Waals surface area contributed by atoms with E-state index in [1.54, 1.807) is 6.08 Å². The highest BCUT2D eigenvalue weighted by Crippen LogP contribution is 2.14. The van der Waals surface area contributed by atoms with Gasteiger partial charge in [0.25, 0.3) is 0 Å². The van der Waals surface area contributed by atoms with Crippen LogP contribution in [0.4, 0.5) is 0 Å². The Labute approximate surface area is 144 Å². The molecule has 0 aliphatic carbocycles. The van der Waals surface area contributed by atoms with Gasteiger partial charge >= 0.3 is 0 Å². The van der Waals surface area contributed by atoms with Crippen LogP contribution < -0.4 is 5.32 Å². The SMILES string of the molecule is Cc1nn(C)c(C)c1/C=C/C(=O)NCC(C(C)C)N1CCOCC1. The number of nitrogens with one attached hydrogen (secondary N) is 1. The van der Waals surface area contributed by atoms with E-state index in [9.17, 15) is 4.79 Å². The lowest BCUT2D eigenvalue weighted by Gasteiger charge is -2.36. The molecule has 1 atom stereocenters. The van der Waals surface area contributed by atoms with Crippen molar-refractivity contribution in [3.05, 3.63) is 23.0 Å². The first-order valence-corrected chi connectivity index (χ1v) is 8.68. The summed E-state index contributed by atoms with van der Waals surface area (Å²) in [7, 11) is 1.91. The molecule has 24 heavy (non-hydrogen) atoms. The summed E-state index contributed by atoms with van der Waals surface area (Å²) in [5.74, 6) is 0.423. The molecule has 0 bridgehead atoms. The largest absolute Gasteiger partial charge is 0.379 e. The van der Waals surface area contributed by atoms with E-state index in [4.69, 9.17) is 4.74 Å². The molecule has 1 N–H and O–H groups in total. The van der Waals surface area contributed by atoms with Crippen LogP contribution in [0.1, 0.15) is 30.8 Å². The highest BCUT2D eigenvalue weighted by atomic mass is 16.5. The van der Waals surface area contributed by atoms with Crippen LogP contribution in [-0.4, -0.2) is 59.5 Å². The number of rotatable bonds is 6. The monoisotopic (exact) mass is 334 g/mol. The molecule has 1 amide bonds. The fraction of sp³-hybridized carbons (Fsp3) is 0.667. The Morgan fingerprint density at radius 2 is 2.00 bits per heavy atom. The first kappa shape index (κ1) is 18.7. The van der Waals surface area contributed by atoms with E-state index >= 15 is 0 Å². The molecule has 6 nitrogen and oxygen atoms in total. The van der Waals surface area contributed by atoms with Gasteiger partial charge in [0.05, 0.1) is 18.9 Å².